The van der Waals surface area contributed by atoms with Gasteiger partial charge in [0.1, 0.15) is 5.75 Å². The zero-order valence-corrected chi connectivity index (χ0v) is 11.8. The first-order chi connectivity index (χ1) is 9.42. The number of hydrogen-bond donors (Lipinski definition) is 1. The average Bonchev–Trinajstić information content (AvgIpc) is 3.08. The van der Waals surface area contributed by atoms with Gasteiger partial charge in [0.2, 0.25) is 0 Å². The van der Waals surface area contributed by atoms with Crippen LogP contribution < -0.4 is 10.1 Å². The largest absolute Gasteiger partial charge is 0.493 e. The fourth-order valence-electron chi connectivity index (χ4n) is 2.42. The second-order valence-electron chi connectivity index (χ2n) is 4.92. The van der Waals surface area contributed by atoms with Crippen molar-refractivity contribution < 1.29 is 4.74 Å². The highest BCUT2D eigenvalue weighted by Gasteiger charge is 2.11. The van der Waals surface area contributed by atoms with Gasteiger partial charge in [-0.15, -0.1) is 0 Å². The van der Waals surface area contributed by atoms with Crippen molar-refractivity contribution >= 4 is 11.3 Å². The van der Waals surface area contributed by atoms with Gasteiger partial charge in [-0.05, 0) is 65.5 Å². The van der Waals surface area contributed by atoms with Gasteiger partial charge in [-0.3, -0.25) is 0 Å². The van der Waals surface area contributed by atoms with Crippen molar-refractivity contribution in [2.24, 2.45) is 0 Å². The van der Waals surface area contributed by atoms with Crippen molar-refractivity contribution in [1.29, 1.82) is 0 Å². The van der Waals surface area contributed by atoms with Crippen molar-refractivity contribution in [3.05, 3.63) is 51.7 Å². The van der Waals surface area contributed by atoms with Gasteiger partial charge in [-0.1, -0.05) is 12.1 Å². The van der Waals surface area contributed by atoms with E-state index in [-0.39, 0.29) is 0 Å². The zero-order valence-electron chi connectivity index (χ0n) is 11.0. The topological polar surface area (TPSA) is 21.3 Å². The van der Waals surface area contributed by atoms with Gasteiger partial charge in [-0.25, -0.2) is 0 Å². The summed E-state index contributed by atoms with van der Waals surface area (Å²) in [5.74, 6) is 1.08. The van der Waals surface area contributed by atoms with Crippen LogP contribution in [0.2, 0.25) is 0 Å². The molecular weight excluding hydrogens is 254 g/mol. The maximum absolute atomic E-state index is 5.52. The molecule has 0 atom stereocenters. The highest BCUT2D eigenvalue weighted by atomic mass is 32.1. The predicted octanol–water partition coefficient (Wildman–Crippen LogP) is 3.06. The molecule has 19 heavy (non-hydrogen) atoms. The van der Waals surface area contributed by atoms with Crippen LogP contribution in [0.5, 0.6) is 5.75 Å². The summed E-state index contributed by atoms with van der Waals surface area (Å²) in [6.45, 7) is 2.95. The van der Waals surface area contributed by atoms with Crippen LogP contribution in [0.4, 0.5) is 0 Å². The van der Waals surface area contributed by atoms with Crippen molar-refractivity contribution in [1.82, 2.24) is 5.32 Å². The van der Waals surface area contributed by atoms with Gasteiger partial charge >= 0.3 is 0 Å². The first kappa shape index (κ1) is 12.7. The third kappa shape index (κ3) is 3.37. The monoisotopic (exact) mass is 273 g/mol. The predicted molar refractivity (Wildman–Crippen MR) is 80.2 cm³/mol. The van der Waals surface area contributed by atoms with E-state index in [9.17, 15) is 0 Å². The maximum atomic E-state index is 5.52. The first-order valence-corrected chi connectivity index (χ1v) is 7.82. The Morgan fingerprint density at radius 1 is 1.11 bits per heavy atom. The van der Waals surface area contributed by atoms with Gasteiger partial charge in [0.15, 0.2) is 0 Å². The number of thiophene rings is 1. The Balaban J connectivity index is 1.40. The Morgan fingerprint density at radius 3 is 2.84 bits per heavy atom. The van der Waals surface area contributed by atoms with Crippen LogP contribution in [-0.2, 0) is 19.3 Å². The summed E-state index contributed by atoms with van der Waals surface area (Å²) < 4.78 is 5.52. The van der Waals surface area contributed by atoms with Crippen LogP contribution in [0.3, 0.4) is 0 Å². The Bertz CT molecular complexity index is 522. The van der Waals surface area contributed by atoms with E-state index in [1.54, 1.807) is 11.3 Å². The van der Waals surface area contributed by atoms with Gasteiger partial charge in [0, 0.05) is 6.42 Å². The molecule has 1 aliphatic rings. The summed E-state index contributed by atoms with van der Waals surface area (Å²) in [5, 5.41) is 7.88. The number of rotatable bonds is 6. The average molecular weight is 273 g/mol. The summed E-state index contributed by atoms with van der Waals surface area (Å²) in [4.78, 5) is 0. The quantitative estimate of drug-likeness (QED) is 0.817. The standard InChI is InChI=1S/C16H19NOS/c1-2-16-15(5-9-18-16)11-13(1)3-7-17-8-4-14-6-10-19-12-14/h1-2,6,10-12,17H,3-5,7-9H2. The molecule has 100 valence electrons. The molecule has 3 heteroatoms. The van der Waals surface area contributed by atoms with E-state index >= 15 is 0 Å². The van der Waals surface area contributed by atoms with Crippen molar-refractivity contribution in [3.63, 3.8) is 0 Å². The molecule has 1 aliphatic heterocycles. The lowest BCUT2D eigenvalue weighted by Gasteiger charge is -2.06. The van der Waals surface area contributed by atoms with Crippen LogP contribution in [0.25, 0.3) is 0 Å². The maximum Gasteiger partial charge on any atom is 0.122 e. The van der Waals surface area contributed by atoms with E-state index in [1.165, 1.54) is 16.7 Å². The van der Waals surface area contributed by atoms with Gasteiger partial charge < -0.3 is 10.1 Å². The van der Waals surface area contributed by atoms with E-state index in [4.69, 9.17) is 4.74 Å². The molecule has 0 fully saturated rings. The molecule has 0 amide bonds. The van der Waals surface area contributed by atoms with Gasteiger partial charge in [0.25, 0.3) is 0 Å². The molecule has 0 aliphatic carbocycles. The minimum atomic E-state index is 0.845. The number of ether oxygens (including phenoxy) is 1. The third-order valence-electron chi connectivity index (χ3n) is 3.51. The molecule has 2 aromatic rings. The zero-order chi connectivity index (χ0) is 12.9. The van der Waals surface area contributed by atoms with Crippen LogP contribution in [0.15, 0.2) is 35.0 Å². The number of nitrogens with one attached hydrogen (secondary N) is 1. The summed E-state index contributed by atoms with van der Waals surface area (Å²) in [7, 11) is 0. The van der Waals surface area contributed by atoms with Gasteiger partial charge in [0.05, 0.1) is 6.61 Å². The van der Waals surface area contributed by atoms with Crippen molar-refractivity contribution in [2.45, 2.75) is 19.3 Å². The molecular formula is C16H19NOS. The lowest BCUT2D eigenvalue weighted by molar-refractivity contribution is 0.357. The molecule has 2 heterocycles. The van der Waals surface area contributed by atoms with Gasteiger partial charge in [-0.2, -0.15) is 11.3 Å². The van der Waals surface area contributed by atoms with Crippen LogP contribution in [-0.4, -0.2) is 19.7 Å². The Labute approximate surface area is 118 Å². The SMILES string of the molecule is c1cc(CCNCCc2ccc3c(c2)CCO3)cs1. The fourth-order valence-corrected chi connectivity index (χ4v) is 3.12. The van der Waals surface area contributed by atoms with Crippen LogP contribution in [0.1, 0.15) is 16.7 Å². The first-order valence-electron chi connectivity index (χ1n) is 6.88. The molecule has 2 nitrogen and oxygen atoms in total. The number of benzene rings is 1. The Kier molecular flexibility index (Phi) is 4.16. The highest BCUT2D eigenvalue weighted by molar-refractivity contribution is 7.07. The minimum Gasteiger partial charge on any atom is -0.493 e. The van der Waals surface area contributed by atoms with Crippen LogP contribution >= 0.6 is 11.3 Å². The lowest BCUT2D eigenvalue weighted by Crippen LogP contribution is -2.20. The molecule has 0 spiro atoms. The van der Waals surface area contributed by atoms with E-state index in [1.807, 2.05) is 0 Å². The number of hydrogen-bond acceptors (Lipinski definition) is 3. The van der Waals surface area contributed by atoms with E-state index in [2.05, 4.69) is 40.3 Å². The van der Waals surface area contributed by atoms with Crippen LogP contribution in [0, 0.1) is 0 Å². The highest BCUT2D eigenvalue weighted by Crippen LogP contribution is 2.25. The summed E-state index contributed by atoms with van der Waals surface area (Å²) in [6, 6.07) is 8.80. The molecule has 0 bridgehead atoms. The minimum absolute atomic E-state index is 0.845. The van der Waals surface area contributed by atoms with E-state index < -0.39 is 0 Å². The normalized spacial score (nSPS) is 13.3. The Morgan fingerprint density at radius 2 is 2.00 bits per heavy atom. The second-order valence-corrected chi connectivity index (χ2v) is 5.70. The molecule has 0 unspecified atom stereocenters. The third-order valence-corrected chi connectivity index (χ3v) is 4.25. The lowest BCUT2D eigenvalue weighted by atomic mass is 10.1. The summed E-state index contributed by atoms with van der Waals surface area (Å²) >= 11 is 1.77. The molecule has 1 aromatic heterocycles. The Hall–Kier alpha value is -1.32. The molecule has 1 aromatic carbocycles. The smallest absolute Gasteiger partial charge is 0.122 e. The van der Waals surface area contributed by atoms with Crippen molar-refractivity contribution in [2.75, 3.05) is 19.7 Å². The molecule has 0 saturated heterocycles. The summed E-state index contributed by atoms with van der Waals surface area (Å²) in [6.07, 6.45) is 3.28. The fraction of sp³-hybridized carbons (Fsp3) is 0.375. The number of fused-ring (bicyclic) bond motifs is 1. The van der Waals surface area contributed by atoms with E-state index in [0.717, 1.165) is 44.7 Å². The van der Waals surface area contributed by atoms with Crippen molar-refractivity contribution in [3.8, 4) is 5.75 Å². The molecule has 0 radical (unpaired) electrons. The second kappa shape index (κ2) is 6.22. The molecule has 3 rings (SSSR count). The molecule has 1 N–H and O–H groups in total. The molecule has 0 saturated carbocycles. The summed E-state index contributed by atoms with van der Waals surface area (Å²) in [5.41, 5.74) is 4.22. The van der Waals surface area contributed by atoms with E-state index in [0.29, 0.717) is 0 Å².